The van der Waals surface area contributed by atoms with Crippen molar-refractivity contribution in [2.75, 3.05) is 13.1 Å². The molecule has 1 amide bonds. The monoisotopic (exact) mass is 321 g/mol. The van der Waals surface area contributed by atoms with E-state index in [1.807, 2.05) is 23.9 Å². The summed E-state index contributed by atoms with van der Waals surface area (Å²) in [4.78, 5) is 12.0. The molecule has 1 aliphatic heterocycles. The summed E-state index contributed by atoms with van der Waals surface area (Å²) in [5.74, 6) is 0.00176. The molecule has 0 unspecified atom stereocenters. The highest BCUT2D eigenvalue weighted by Gasteiger charge is 2.18. The summed E-state index contributed by atoms with van der Waals surface area (Å²) in [6.45, 7) is 1.93. The normalized spacial score (nSPS) is 19.5. The Morgan fingerprint density at radius 3 is 2.94 bits per heavy atom. The minimum Gasteiger partial charge on any atom is -0.347 e. The van der Waals surface area contributed by atoms with Gasteiger partial charge in [-0.25, -0.2) is 0 Å². The fourth-order valence-corrected chi connectivity index (χ4v) is 2.51. The van der Waals surface area contributed by atoms with Crippen LogP contribution in [0, 0.1) is 0 Å². The van der Waals surface area contributed by atoms with Crippen LogP contribution >= 0.6 is 28.3 Å². The van der Waals surface area contributed by atoms with E-state index in [0.29, 0.717) is 5.69 Å². The fourth-order valence-electron chi connectivity index (χ4n) is 1.98. The molecule has 1 atom stereocenters. The van der Waals surface area contributed by atoms with Gasteiger partial charge in [-0.3, -0.25) is 4.79 Å². The van der Waals surface area contributed by atoms with Crippen LogP contribution < -0.4 is 10.6 Å². The van der Waals surface area contributed by atoms with Crippen molar-refractivity contribution < 1.29 is 4.79 Å². The summed E-state index contributed by atoms with van der Waals surface area (Å²) < 4.78 is 2.76. The first-order valence-corrected chi connectivity index (χ1v) is 6.29. The first-order chi connectivity index (χ1) is 7.66. The molecule has 1 aromatic heterocycles. The molecule has 2 N–H and O–H groups in total. The summed E-state index contributed by atoms with van der Waals surface area (Å²) in [6, 6.07) is 2.10. The molecule has 96 valence electrons. The largest absolute Gasteiger partial charge is 0.347 e. The minimum atomic E-state index is 0. The molecular formula is C11H17BrClN3O. The Bertz CT molecular complexity index is 388. The van der Waals surface area contributed by atoms with Gasteiger partial charge in [0.2, 0.25) is 0 Å². The van der Waals surface area contributed by atoms with E-state index in [-0.39, 0.29) is 24.4 Å². The molecule has 1 aromatic rings. The first kappa shape index (κ1) is 14.5. The van der Waals surface area contributed by atoms with E-state index in [1.165, 1.54) is 0 Å². The number of nitrogens with one attached hydrogen (secondary N) is 2. The Kier molecular flexibility index (Phi) is 5.49. The molecule has 17 heavy (non-hydrogen) atoms. The van der Waals surface area contributed by atoms with Crippen LogP contribution in [0.25, 0.3) is 0 Å². The van der Waals surface area contributed by atoms with Gasteiger partial charge in [-0.2, -0.15) is 0 Å². The van der Waals surface area contributed by atoms with Crippen molar-refractivity contribution in [3.05, 3.63) is 22.4 Å². The van der Waals surface area contributed by atoms with Crippen molar-refractivity contribution in [1.29, 1.82) is 0 Å². The van der Waals surface area contributed by atoms with Gasteiger partial charge in [0.25, 0.3) is 5.91 Å². The summed E-state index contributed by atoms with van der Waals surface area (Å²) in [7, 11) is 1.87. The van der Waals surface area contributed by atoms with Gasteiger partial charge in [0.15, 0.2) is 0 Å². The van der Waals surface area contributed by atoms with Crippen LogP contribution in [0.3, 0.4) is 0 Å². The SMILES string of the molecule is Cl.Cn1cc(Br)cc1C(=O)N[C@@H]1CCCNC1. The summed E-state index contributed by atoms with van der Waals surface area (Å²) in [5.41, 5.74) is 0.692. The second-order valence-electron chi connectivity index (χ2n) is 4.17. The Morgan fingerprint density at radius 1 is 1.65 bits per heavy atom. The highest BCUT2D eigenvalue weighted by atomic mass is 79.9. The third-order valence-corrected chi connectivity index (χ3v) is 3.27. The van der Waals surface area contributed by atoms with Crippen LogP contribution in [-0.2, 0) is 7.05 Å². The zero-order valence-electron chi connectivity index (χ0n) is 9.70. The number of halogens is 2. The van der Waals surface area contributed by atoms with Crippen LogP contribution in [0.15, 0.2) is 16.7 Å². The van der Waals surface area contributed by atoms with Gasteiger partial charge in [-0.05, 0) is 41.4 Å². The number of aromatic nitrogens is 1. The van der Waals surface area contributed by atoms with Crippen molar-refractivity contribution in [1.82, 2.24) is 15.2 Å². The molecule has 2 rings (SSSR count). The molecule has 1 fully saturated rings. The molecule has 0 bridgehead atoms. The predicted octanol–water partition coefficient (Wildman–Crippen LogP) is 1.69. The van der Waals surface area contributed by atoms with E-state index in [1.54, 1.807) is 0 Å². The lowest BCUT2D eigenvalue weighted by atomic mass is 10.1. The van der Waals surface area contributed by atoms with Gasteiger partial charge in [0.05, 0.1) is 0 Å². The van der Waals surface area contributed by atoms with Crippen LogP contribution in [0.5, 0.6) is 0 Å². The lowest BCUT2D eigenvalue weighted by Crippen LogP contribution is -2.45. The summed E-state index contributed by atoms with van der Waals surface area (Å²) in [5, 5.41) is 6.33. The molecule has 1 saturated heterocycles. The van der Waals surface area contributed by atoms with Crippen molar-refractivity contribution in [2.45, 2.75) is 18.9 Å². The van der Waals surface area contributed by atoms with Crippen LogP contribution in [0.1, 0.15) is 23.3 Å². The molecule has 0 aromatic carbocycles. The Labute approximate surface area is 116 Å². The summed E-state index contributed by atoms with van der Waals surface area (Å²) in [6.07, 6.45) is 4.07. The number of hydrogen-bond acceptors (Lipinski definition) is 2. The molecule has 4 nitrogen and oxygen atoms in total. The average Bonchev–Trinajstić information content (AvgIpc) is 2.59. The zero-order chi connectivity index (χ0) is 11.5. The van der Waals surface area contributed by atoms with Crippen molar-refractivity contribution in [2.24, 2.45) is 7.05 Å². The molecule has 0 aliphatic carbocycles. The molecule has 0 radical (unpaired) electrons. The lowest BCUT2D eigenvalue weighted by molar-refractivity contribution is 0.0922. The molecule has 6 heteroatoms. The van der Waals surface area contributed by atoms with Gasteiger partial charge >= 0.3 is 0 Å². The predicted molar refractivity (Wildman–Crippen MR) is 73.7 cm³/mol. The third-order valence-electron chi connectivity index (χ3n) is 2.84. The molecule has 2 heterocycles. The van der Waals surface area contributed by atoms with Crippen LogP contribution in [0.4, 0.5) is 0 Å². The smallest absolute Gasteiger partial charge is 0.268 e. The summed E-state index contributed by atoms with van der Waals surface area (Å²) >= 11 is 3.36. The Hall–Kier alpha value is -0.520. The standard InChI is InChI=1S/C11H16BrN3O.ClH/c1-15-7-8(12)5-10(15)11(16)14-9-3-2-4-13-6-9;/h5,7,9,13H,2-4,6H2,1H3,(H,14,16);1H/t9-;/m1./s1. The number of aryl methyl sites for hydroxylation is 1. The van der Waals surface area contributed by atoms with Crippen molar-refractivity contribution >= 4 is 34.2 Å². The number of carbonyl (C=O) groups is 1. The maximum atomic E-state index is 12.0. The second-order valence-corrected chi connectivity index (χ2v) is 5.09. The fraction of sp³-hybridized carbons (Fsp3) is 0.545. The number of rotatable bonds is 2. The number of piperidine rings is 1. The maximum absolute atomic E-state index is 12.0. The van der Waals surface area contributed by atoms with Gasteiger partial charge in [-0.1, -0.05) is 0 Å². The zero-order valence-corrected chi connectivity index (χ0v) is 12.1. The van der Waals surface area contributed by atoms with Gasteiger partial charge in [-0.15, -0.1) is 12.4 Å². The second kappa shape index (κ2) is 6.42. The van der Waals surface area contributed by atoms with Crippen molar-refractivity contribution in [3.8, 4) is 0 Å². The lowest BCUT2D eigenvalue weighted by Gasteiger charge is -2.23. The van der Waals surface area contributed by atoms with E-state index in [4.69, 9.17) is 0 Å². The third kappa shape index (κ3) is 3.72. The van der Waals surface area contributed by atoms with E-state index in [2.05, 4.69) is 26.6 Å². The highest BCUT2D eigenvalue weighted by molar-refractivity contribution is 9.10. The molecule has 0 saturated carbocycles. The van der Waals surface area contributed by atoms with E-state index in [9.17, 15) is 4.79 Å². The van der Waals surface area contributed by atoms with Crippen molar-refractivity contribution in [3.63, 3.8) is 0 Å². The Balaban J connectivity index is 0.00000144. The number of nitrogens with zero attached hydrogens (tertiary/aromatic N) is 1. The molecular weight excluding hydrogens is 305 g/mol. The highest BCUT2D eigenvalue weighted by Crippen LogP contribution is 2.14. The molecule has 0 spiro atoms. The average molecular weight is 323 g/mol. The van der Waals surface area contributed by atoms with Gasteiger partial charge in [0.1, 0.15) is 5.69 Å². The quantitative estimate of drug-likeness (QED) is 0.870. The van der Waals surface area contributed by atoms with E-state index >= 15 is 0 Å². The maximum Gasteiger partial charge on any atom is 0.268 e. The number of carbonyl (C=O) groups excluding carboxylic acids is 1. The first-order valence-electron chi connectivity index (χ1n) is 5.50. The van der Waals surface area contributed by atoms with E-state index in [0.717, 1.165) is 30.4 Å². The minimum absolute atomic E-state index is 0. The van der Waals surface area contributed by atoms with E-state index < -0.39 is 0 Å². The van der Waals surface area contributed by atoms with Gasteiger partial charge < -0.3 is 15.2 Å². The van der Waals surface area contributed by atoms with Crippen LogP contribution in [0.2, 0.25) is 0 Å². The Morgan fingerprint density at radius 2 is 2.41 bits per heavy atom. The molecule has 1 aliphatic rings. The van der Waals surface area contributed by atoms with Crippen LogP contribution in [-0.4, -0.2) is 29.6 Å². The number of amides is 1. The van der Waals surface area contributed by atoms with Gasteiger partial charge in [0, 0.05) is 30.3 Å². The number of hydrogen-bond donors (Lipinski definition) is 2. The topological polar surface area (TPSA) is 46.1 Å².